The smallest absolute Gasteiger partial charge is 0.282 e. The summed E-state index contributed by atoms with van der Waals surface area (Å²) in [6, 6.07) is 5.72. The fourth-order valence-corrected chi connectivity index (χ4v) is 5.77. The largest absolute Gasteiger partial charge is 0.373 e. The molecule has 2 aromatic heterocycles. The Morgan fingerprint density at radius 3 is 2.34 bits per heavy atom. The third-order valence-corrected chi connectivity index (χ3v) is 7.45. The molecule has 2 saturated heterocycles. The van der Waals surface area contributed by atoms with E-state index in [9.17, 15) is 13.2 Å². The summed E-state index contributed by atoms with van der Waals surface area (Å²) >= 11 is 0. The highest BCUT2D eigenvalue weighted by Gasteiger charge is 2.37. The van der Waals surface area contributed by atoms with Crippen molar-refractivity contribution in [3.05, 3.63) is 35.8 Å². The molecule has 10 heteroatoms. The third kappa shape index (κ3) is 3.89. The third-order valence-electron chi connectivity index (χ3n) is 5.48. The molecule has 0 spiro atoms. The van der Waals surface area contributed by atoms with Gasteiger partial charge < -0.3 is 14.0 Å². The monoisotopic (exact) mass is 421 g/mol. The van der Waals surface area contributed by atoms with Crippen LogP contribution in [-0.4, -0.2) is 88.7 Å². The highest BCUT2D eigenvalue weighted by Crippen LogP contribution is 2.19. The van der Waals surface area contributed by atoms with Crippen LogP contribution in [-0.2, 0) is 14.9 Å². The predicted molar refractivity (Wildman–Crippen MR) is 108 cm³/mol. The molecule has 0 aliphatic carbocycles. The summed E-state index contributed by atoms with van der Waals surface area (Å²) in [7, 11) is -3.56. The molecule has 4 heterocycles. The van der Waals surface area contributed by atoms with Crippen molar-refractivity contribution in [2.75, 3.05) is 39.3 Å². The maximum Gasteiger partial charge on any atom is 0.282 e. The fraction of sp³-hybridized carbons (Fsp3) is 0.579. The molecule has 4 rings (SSSR count). The molecule has 0 N–H and O–H groups in total. The van der Waals surface area contributed by atoms with Crippen LogP contribution in [0.25, 0.3) is 5.65 Å². The minimum absolute atomic E-state index is 0.130. The maximum atomic E-state index is 13.0. The quantitative estimate of drug-likeness (QED) is 0.730. The molecule has 1 amide bonds. The summed E-state index contributed by atoms with van der Waals surface area (Å²) in [5.41, 5.74) is 2.11. The van der Waals surface area contributed by atoms with Crippen molar-refractivity contribution in [1.82, 2.24) is 22.9 Å². The lowest BCUT2D eigenvalue weighted by molar-refractivity contribution is -0.0457. The summed E-state index contributed by atoms with van der Waals surface area (Å²) in [5.74, 6) is -0.168. The normalized spacial score (nSPS) is 24.9. The number of pyridine rings is 1. The van der Waals surface area contributed by atoms with Gasteiger partial charge in [-0.25, -0.2) is 4.98 Å². The Morgan fingerprint density at radius 2 is 1.72 bits per heavy atom. The van der Waals surface area contributed by atoms with Crippen LogP contribution >= 0.6 is 0 Å². The molecule has 0 radical (unpaired) electrons. The number of imidazole rings is 1. The van der Waals surface area contributed by atoms with Crippen molar-refractivity contribution < 1.29 is 17.9 Å². The molecule has 9 nitrogen and oxygen atoms in total. The molecule has 0 aromatic carbocycles. The number of hydrogen-bond donors (Lipinski definition) is 0. The molecular weight excluding hydrogens is 394 g/mol. The number of morpholine rings is 1. The number of aryl methyl sites for hydroxylation is 1. The van der Waals surface area contributed by atoms with Gasteiger partial charge in [0.1, 0.15) is 11.3 Å². The number of ether oxygens (including phenoxy) is 1. The van der Waals surface area contributed by atoms with E-state index in [0.29, 0.717) is 31.9 Å². The summed E-state index contributed by atoms with van der Waals surface area (Å²) < 4.78 is 36.5. The van der Waals surface area contributed by atoms with Gasteiger partial charge in [-0.1, -0.05) is 6.07 Å². The topological polar surface area (TPSA) is 87.5 Å². The second-order valence-electron chi connectivity index (χ2n) is 7.79. The zero-order chi connectivity index (χ0) is 20.8. The Labute approximate surface area is 171 Å². The van der Waals surface area contributed by atoms with Crippen molar-refractivity contribution in [3.8, 4) is 0 Å². The molecule has 158 valence electrons. The van der Waals surface area contributed by atoms with Gasteiger partial charge in [0.15, 0.2) is 0 Å². The van der Waals surface area contributed by atoms with Gasteiger partial charge in [0.25, 0.3) is 16.1 Å². The van der Waals surface area contributed by atoms with Crippen molar-refractivity contribution >= 4 is 21.8 Å². The average molecular weight is 422 g/mol. The van der Waals surface area contributed by atoms with Crippen LogP contribution in [0.5, 0.6) is 0 Å². The molecule has 2 atom stereocenters. The Hall–Kier alpha value is -2.01. The Kier molecular flexibility index (Phi) is 5.36. The highest BCUT2D eigenvalue weighted by atomic mass is 32.2. The van der Waals surface area contributed by atoms with Crippen molar-refractivity contribution in [1.29, 1.82) is 0 Å². The average Bonchev–Trinajstić information content (AvgIpc) is 3.12. The number of fused-ring (bicyclic) bond motifs is 1. The van der Waals surface area contributed by atoms with Gasteiger partial charge in [0.05, 0.1) is 12.2 Å². The zero-order valence-electron chi connectivity index (χ0n) is 17.0. The minimum atomic E-state index is -3.56. The van der Waals surface area contributed by atoms with Crippen LogP contribution < -0.4 is 0 Å². The van der Waals surface area contributed by atoms with Gasteiger partial charge in [-0.15, -0.1) is 0 Å². The molecule has 2 aliphatic rings. The van der Waals surface area contributed by atoms with Crippen LogP contribution in [0.4, 0.5) is 0 Å². The predicted octanol–water partition coefficient (Wildman–Crippen LogP) is 0.755. The highest BCUT2D eigenvalue weighted by molar-refractivity contribution is 7.86. The van der Waals surface area contributed by atoms with Crippen LogP contribution in [0.2, 0.25) is 0 Å². The number of carbonyl (C=O) groups is 1. The van der Waals surface area contributed by atoms with Crippen molar-refractivity contribution in [2.45, 2.75) is 33.0 Å². The number of carbonyl (C=O) groups excluding carboxylic acids is 1. The first-order valence-electron chi connectivity index (χ1n) is 9.90. The van der Waals surface area contributed by atoms with Gasteiger partial charge in [-0.3, -0.25) is 4.79 Å². The number of nitrogens with zero attached hydrogens (tertiary/aromatic N) is 5. The van der Waals surface area contributed by atoms with Gasteiger partial charge in [-0.05, 0) is 32.9 Å². The first kappa shape index (κ1) is 20.3. The SMILES string of the molecule is Cc1cccc2nc(C(=O)N3CCN(S(=O)(=O)N4CC(C)OC(C)C4)CC3)cn12. The second-order valence-corrected chi connectivity index (χ2v) is 9.72. The van der Waals surface area contributed by atoms with E-state index < -0.39 is 10.2 Å². The molecule has 2 aromatic rings. The molecule has 2 unspecified atom stereocenters. The van der Waals surface area contributed by atoms with Gasteiger partial charge in [-0.2, -0.15) is 17.0 Å². The Morgan fingerprint density at radius 1 is 1.07 bits per heavy atom. The van der Waals surface area contributed by atoms with E-state index in [0.717, 1.165) is 11.3 Å². The molecule has 0 saturated carbocycles. The number of rotatable bonds is 3. The minimum Gasteiger partial charge on any atom is -0.373 e. The molecule has 0 bridgehead atoms. The van der Waals surface area contributed by atoms with E-state index in [-0.39, 0.29) is 31.2 Å². The van der Waals surface area contributed by atoms with Gasteiger partial charge in [0, 0.05) is 51.2 Å². The van der Waals surface area contributed by atoms with Crippen LogP contribution in [0.15, 0.2) is 24.4 Å². The lowest BCUT2D eigenvalue weighted by Crippen LogP contribution is -2.57. The number of aromatic nitrogens is 2. The standard InChI is InChI=1S/C19H27N5O4S/c1-14-5-4-6-18-20-17(13-24(14)18)19(25)21-7-9-22(10-8-21)29(26,27)23-11-15(2)28-16(3)12-23/h4-6,13,15-16H,7-12H2,1-3H3. The van der Waals surface area contributed by atoms with E-state index in [1.807, 2.05) is 43.4 Å². The fourth-order valence-electron chi connectivity index (χ4n) is 4.02. The lowest BCUT2D eigenvalue weighted by atomic mass is 10.3. The number of amides is 1. The molecule has 2 aliphatic heterocycles. The molecule has 29 heavy (non-hydrogen) atoms. The summed E-state index contributed by atoms with van der Waals surface area (Å²) in [4.78, 5) is 19.0. The Bertz CT molecular complexity index is 1000. The van der Waals surface area contributed by atoms with E-state index in [1.165, 1.54) is 8.61 Å². The summed E-state index contributed by atoms with van der Waals surface area (Å²) in [6.07, 6.45) is 1.48. The second kappa shape index (κ2) is 7.67. The summed E-state index contributed by atoms with van der Waals surface area (Å²) in [5, 5.41) is 0. The first-order chi connectivity index (χ1) is 13.8. The maximum absolute atomic E-state index is 13.0. The van der Waals surface area contributed by atoms with E-state index >= 15 is 0 Å². The van der Waals surface area contributed by atoms with E-state index in [4.69, 9.17) is 4.74 Å². The van der Waals surface area contributed by atoms with E-state index in [2.05, 4.69) is 4.98 Å². The Balaban J connectivity index is 1.43. The number of hydrogen-bond acceptors (Lipinski definition) is 5. The van der Waals surface area contributed by atoms with Crippen LogP contribution in [0, 0.1) is 6.92 Å². The molecular formula is C19H27N5O4S. The zero-order valence-corrected chi connectivity index (χ0v) is 17.8. The van der Waals surface area contributed by atoms with Crippen molar-refractivity contribution in [2.24, 2.45) is 0 Å². The summed E-state index contributed by atoms with van der Waals surface area (Å²) in [6.45, 7) is 7.68. The van der Waals surface area contributed by atoms with Crippen molar-refractivity contribution in [3.63, 3.8) is 0 Å². The number of piperazine rings is 1. The van der Waals surface area contributed by atoms with E-state index in [1.54, 1.807) is 11.1 Å². The lowest BCUT2D eigenvalue weighted by Gasteiger charge is -2.40. The molecule has 2 fully saturated rings. The van der Waals surface area contributed by atoms with Gasteiger partial charge >= 0.3 is 0 Å². The van der Waals surface area contributed by atoms with Gasteiger partial charge in [0.2, 0.25) is 0 Å². The van der Waals surface area contributed by atoms with Crippen LogP contribution in [0.3, 0.4) is 0 Å². The van der Waals surface area contributed by atoms with Crippen LogP contribution in [0.1, 0.15) is 30.0 Å². The first-order valence-corrected chi connectivity index (χ1v) is 11.3.